The van der Waals surface area contributed by atoms with Gasteiger partial charge in [0.2, 0.25) is 0 Å². The van der Waals surface area contributed by atoms with E-state index in [2.05, 4.69) is 10.5 Å². The molecule has 2 aromatic rings. The molecular formula is C15H15N3O3. The highest BCUT2D eigenvalue weighted by molar-refractivity contribution is 5.99. The third-order valence-corrected chi connectivity index (χ3v) is 2.93. The Hall–Kier alpha value is -2.89. The van der Waals surface area contributed by atoms with Crippen molar-refractivity contribution in [2.24, 2.45) is 5.10 Å². The fourth-order valence-electron chi connectivity index (χ4n) is 1.78. The summed E-state index contributed by atoms with van der Waals surface area (Å²) in [6.07, 6.45) is 0. The molecule has 6 nitrogen and oxygen atoms in total. The number of nitrogens with zero attached hydrogens (tertiary/aromatic N) is 2. The number of nitro groups is 1. The van der Waals surface area contributed by atoms with E-state index in [4.69, 9.17) is 4.74 Å². The van der Waals surface area contributed by atoms with Crippen LogP contribution in [0.25, 0.3) is 0 Å². The third kappa shape index (κ3) is 3.56. The van der Waals surface area contributed by atoms with E-state index in [1.807, 2.05) is 31.2 Å². The Morgan fingerprint density at radius 3 is 2.71 bits per heavy atom. The van der Waals surface area contributed by atoms with Crippen LogP contribution in [0, 0.1) is 10.1 Å². The second-order valence-corrected chi connectivity index (χ2v) is 4.32. The second kappa shape index (κ2) is 6.51. The SMILES string of the molecule is COc1cccc(/C(C)=N\Nc2ccccc2[N+](=O)[O-])c1. The molecule has 0 aliphatic heterocycles. The Morgan fingerprint density at radius 1 is 1.24 bits per heavy atom. The molecule has 108 valence electrons. The van der Waals surface area contributed by atoms with Gasteiger partial charge < -0.3 is 4.74 Å². The number of benzene rings is 2. The number of hydrazone groups is 1. The average Bonchev–Trinajstić information content (AvgIpc) is 2.52. The molecule has 0 bridgehead atoms. The lowest BCUT2D eigenvalue weighted by molar-refractivity contribution is -0.384. The first kappa shape index (κ1) is 14.5. The molecule has 0 aliphatic carbocycles. The van der Waals surface area contributed by atoms with E-state index in [0.29, 0.717) is 11.4 Å². The molecule has 21 heavy (non-hydrogen) atoms. The van der Waals surface area contributed by atoms with Crippen LogP contribution in [-0.2, 0) is 0 Å². The summed E-state index contributed by atoms with van der Waals surface area (Å²) in [4.78, 5) is 10.5. The van der Waals surface area contributed by atoms with E-state index in [1.54, 1.807) is 25.3 Å². The molecule has 0 heterocycles. The van der Waals surface area contributed by atoms with E-state index >= 15 is 0 Å². The van der Waals surface area contributed by atoms with Crippen LogP contribution in [0.15, 0.2) is 53.6 Å². The number of nitro benzene ring substituents is 1. The van der Waals surface area contributed by atoms with E-state index in [0.717, 1.165) is 11.3 Å². The van der Waals surface area contributed by atoms with Gasteiger partial charge in [-0.25, -0.2) is 0 Å². The zero-order chi connectivity index (χ0) is 15.2. The Morgan fingerprint density at radius 2 is 2.00 bits per heavy atom. The first-order valence-corrected chi connectivity index (χ1v) is 6.30. The molecular weight excluding hydrogens is 270 g/mol. The molecule has 6 heteroatoms. The predicted molar refractivity (Wildman–Crippen MR) is 81.9 cm³/mol. The maximum atomic E-state index is 10.9. The first-order valence-electron chi connectivity index (χ1n) is 6.30. The zero-order valence-electron chi connectivity index (χ0n) is 11.7. The first-order chi connectivity index (χ1) is 10.1. The monoisotopic (exact) mass is 285 g/mol. The Kier molecular flexibility index (Phi) is 4.50. The minimum atomic E-state index is -0.446. The maximum Gasteiger partial charge on any atom is 0.294 e. The summed E-state index contributed by atoms with van der Waals surface area (Å²) >= 11 is 0. The van der Waals surface area contributed by atoms with E-state index < -0.39 is 4.92 Å². The highest BCUT2D eigenvalue weighted by Crippen LogP contribution is 2.23. The summed E-state index contributed by atoms with van der Waals surface area (Å²) in [5, 5.41) is 15.1. The Balaban J connectivity index is 2.22. The van der Waals surface area contributed by atoms with Gasteiger partial charge in [0.15, 0.2) is 0 Å². The number of rotatable bonds is 5. The highest BCUT2D eigenvalue weighted by atomic mass is 16.6. The van der Waals surface area contributed by atoms with E-state index in [9.17, 15) is 10.1 Å². The highest BCUT2D eigenvalue weighted by Gasteiger charge is 2.11. The minimum absolute atomic E-state index is 0.0142. The predicted octanol–water partition coefficient (Wildman–Crippen LogP) is 3.44. The van der Waals surface area contributed by atoms with Gasteiger partial charge in [-0.1, -0.05) is 24.3 Å². The summed E-state index contributed by atoms with van der Waals surface area (Å²) in [6.45, 7) is 1.82. The molecule has 0 saturated carbocycles. The third-order valence-electron chi connectivity index (χ3n) is 2.93. The number of hydrogen-bond acceptors (Lipinski definition) is 5. The average molecular weight is 285 g/mol. The smallest absolute Gasteiger partial charge is 0.294 e. The van der Waals surface area contributed by atoms with Crippen LogP contribution in [0.2, 0.25) is 0 Å². The summed E-state index contributed by atoms with van der Waals surface area (Å²) < 4.78 is 5.15. The summed E-state index contributed by atoms with van der Waals surface area (Å²) in [6, 6.07) is 13.8. The molecule has 0 saturated heterocycles. The number of para-hydroxylation sites is 2. The fourth-order valence-corrected chi connectivity index (χ4v) is 1.78. The summed E-state index contributed by atoms with van der Waals surface area (Å²) in [5.41, 5.74) is 4.65. The van der Waals surface area contributed by atoms with Crippen molar-refractivity contribution in [3.05, 3.63) is 64.2 Å². The molecule has 0 unspecified atom stereocenters. The minimum Gasteiger partial charge on any atom is -0.497 e. The van der Waals surface area contributed by atoms with Crippen LogP contribution in [0.4, 0.5) is 11.4 Å². The van der Waals surface area contributed by atoms with Crippen molar-refractivity contribution in [3.63, 3.8) is 0 Å². The van der Waals surface area contributed by atoms with E-state index in [-0.39, 0.29) is 5.69 Å². The van der Waals surface area contributed by atoms with Crippen molar-refractivity contribution in [1.82, 2.24) is 0 Å². The second-order valence-electron chi connectivity index (χ2n) is 4.32. The van der Waals surface area contributed by atoms with Crippen LogP contribution in [0.3, 0.4) is 0 Å². The van der Waals surface area contributed by atoms with Crippen LogP contribution in [-0.4, -0.2) is 17.7 Å². The molecule has 1 N–H and O–H groups in total. The molecule has 0 aromatic heterocycles. The number of hydrogen-bond donors (Lipinski definition) is 1. The van der Waals surface area contributed by atoms with Gasteiger partial charge in [0.25, 0.3) is 5.69 Å². The van der Waals surface area contributed by atoms with Gasteiger partial charge in [-0.15, -0.1) is 0 Å². The molecule has 2 aromatic carbocycles. The quantitative estimate of drug-likeness (QED) is 0.518. The standard InChI is InChI=1S/C15H15N3O3/c1-11(12-6-5-7-13(10-12)21-2)16-17-14-8-3-4-9-15(14)18(19)20/h3-10,17H,1-2H3/b16-11-. The van der Waals surface area contributed by atoms with Crippen molar-refractivity contribution in [3.8, 4) is 5.75 Å². The number of methoxy groups -OCH3 is 1. The van der Waals surface area contributed by atoms with Crippen LogP contribution in [0.5, 0.6) is 5.75 Å². The van der Waals surface area contributed by atoms with Gasteiger partial charge in [-0.05, 0) is 25.1 Å². The Bertz CT molecular complexity index is 683. The van der Waals surface area contributed by atoms with Crippen molar-refractivity contribution in [2.75, 3.05) is 12.5 Å². The zero-order valence-corrected chi connectivity index (χ0v) is 11.7. The van der Waals surface area contributed by atoms with Crippen LogP contribution < -0.4 is 10.2 Å². The van der Waals surface area contributed by atoms with Crippen molar-refractivity contribution < 1.29 is 9.66 Å². The summed E-state index contributed by atoms with van der Waals surface area (Å²) in [5.74, 6) is 0.729. The molecule has 0 radical (unpaired) electrons. The number of nitrogens with one attached hydrogen (secondary N) is 1. The molecule has 0 spiro atoms. The molecule has 0 atom stereocenters. The van der Waals surface area contributed by atoms with Gasteiger partial charge in [-0.2, -0.15) is 5.10 Å². The van der Waals surface area contributed by atoms with Gasteiger partial charge in [0, 0.05) is 11.6 Å². The largest absolute Gasteiger partial charge is 0.497 e. The normalized spacial score (nSPS) is 11.0. The number of anilines is 1. The van der Waals surface area contributed by atoms with Crippen LogP contribution >= 0.6 is 0 Å². The fraction of sp³-hybridized carbons (Fsp3) is 0.133. The molecule has 0 fully saturated rings. The number of ether oxygens (including phenoxy) is 1. The topological polar surface area (TPSA) is 76.8 Å². The van der Waals surface area contributed by atoms with Crippen molar-refractivity contribution >= 4 is 17.1 Å². The van der Waals surface area contributed by atoms with Gasteiger partial charge in [0.05, 0.1) is 17.7 Å². The molecule has 0 amide bonds. The van der Waals surface area contributed by atoms with Gasteiger partial charge in [0.1, 0.15) is 11.4 Å². The lowest BCUT2D eigenvalue weighted by atomic mass is 10.1. The van der Waals surface area contributed by atoms with Crippen LogP contribution in [0.1, 0.15) is 12.5 Å². The Labute approximate surface area is 122 Å². The lowest BCUT2D eigenvalue weighted by Gasteiger charge is -2.06. The van der Waals surface area contributed by atoms with Crippen molar-refractivity contribution in [1.29, 1.82) is 0 Å². The van der Waals surface area contributed by atoms with E-state index in [1.165, 1.54) is 6.07 Å². The van der Waals surface area contributed by atoms with Gasteiger partial charge in [-0.3, -0.25) is 15.5 Å². The van der Waals surface area contributed by atoms with Gasteiger partial charge >= 0.3 is 0 Å². The molecule has 2 rings (SSSR count). The van der Waals surface area contributed by atoms with Crippen molar-refractivity contribution in [2.45, 2.75) is 6.92 Å². The summed E-state index contributed by atoms with van der Waals surface area (Å²) in [7, 11) is 1.59. The maximum absolute atomic E-state index is 10.9. The lowest BCUT2D eigenvalue weighted by Crippen LogP contribution is -2.02. The molecule has 0 aliphatic rings.